The third kappa shape index (κ3) is 3.60. The Labute approximate surface area is 158 Å². The van der Waals surface area contributed by atoms with Crippen LogP contribution in [0.15, 0.2) is 42.5 Å². The summed E-state index contributed by atoms with van der Waals surface area (Å²) in [4.78, 5) is 16.8. The van der Waals surface area contributed by atoms with Gasteiger partial charge in [0.15, 0.2) is 0 Å². The monoisotopic (exact) mass is 364 g/mol. The second-order valence-corrected chi connectivity index (χ2v) is 6.75. The molecular formula is C21H24N4O2. The minimum atomic E-state index is -0.191. The van der Waals surface area contributed by atoms with Gasteiger partial charge in [-0.15, -0.1) is 0 Å². The van der Waals surface area contributed by atoms with Crippen LogP contribution >= 0.6 is 0 Å². The predicted molar refractivity (Wildman–Crippen MR) is 106 cm³/mol. The first-order valence-corrected chi connectivity index (χ1v) is 9.41. The molecular weight excluding hydrogens is 340 g/mol. The minimum absolute atomic E-state index is 0.191. The van der Waals surface area contributed by atoms with Gasteiger partial charge in [0, 0.05) is 36.1 Å². The number of methoxy groups -OCH3 is 1. The van der Waals surface area contributed by atoms with Crippen LogP contribution in [0, 0.1) is 0 Å². The van der Waals surface area contributed by atoms with E-state index in [4.69, 9.17) is 9.72 Å². The van der Waals surface area contributed by atoms with E-state index in [-0.39, 0.29) is 6.03 Å². The van der Waals surface area contributed by atoms with E-state index in [1.54, 1.807) is 7.11 Å². The maximum atomic E-state index is 12.1. The predicted octanol–water partition coefficient (Wildman–Crippen LogP) is 3.75. The Morgan fingerprint density at radius 2 is 2.04 bits per heavy atom. The number of rotatable bonds is 5. The van der Waals surface area contributed by atoms with Crippen molar-refractivity contribution in [2.24, 2.45) is 0 Å². The van der Waals surface area contributed by atoms with Gasteiger partial charge in [-0.05, 0) is 43.9 Å². The molecule has 0 aliphatic carbocycles. The summed E-state index contributed by atoms with van der Waals surface area (Å²) < 4.78 is 7.70. The van der Waals surface area contributed by atoms with Crippen LogP contribution in [0.4, 0.5) is 10.5 Å². The smallest absolute Gasteiger partial charge is 0.319 e. The highest BCUT2D eigenvalue weighted by Crippen LogP contribution is 2.31. The maximum Gasteiger partial charge on any atom is 0.319 e. The SMILES string of the molecule is COc1ccc2c(n1)c(CCNC(=O)Nc1ccccc1)c1n2CCCC1. The lowest BCUT2D eigenvalue weighted by Gasteiger charge is -2.17. The first-order valence-electron chi connectivity index (χ1n) is 9.41. The lowest BCUT2D eigenvalue weighted by Crippen LogP contribution is -2.30. The van der Waals surface area contributed by atoms with Crippen LogP contribution in [0.1, 0.15) is 24.1 Å². The molecule has 140 valence electrons. The number of benzene rings is 1. The number of amides is 2. The Balaban J connectivity index is 1.50. The van der Waals surface area contributed by atoms with Crippen molar-refractivity contribution in [1.82, 2.24) is 14.9 Å². The molecule has 1 aliphatic heterocycles. The number of para-hydroxylation sites is 1. The third-order valence-corrected chi connectivity index (χ3v) is 5.05. The standard InChI is InChI=1S/C21H24N4O2/c1-27-19-11-10-18-20(24-19)16(17-9-5-6-14-25(17)18)12-13-22-21(26)23-15-7-3-2-4-8-15/h2-4,7-8,10-11H,5-6,9,12-14H2,1H3,(H2,22,23,26). The van der Waals surface area contributed by atoms with Crippen LogP contribution in [0.5, 0.6) is 5.88 Å². The normalized spacial score (nSPS) is 13.2. The quantitative estimate of drug-likeness (QED) is 0.725. The molecule has 0 fully saturated rings. The lowest BCUT2D eigenvalue weighted by molar-refractivity contribution is 0.252. The largest absolute Gasteiger partial charge is 0.481 e. The van der Waals surface area contributed by atoms with Crippen LogP contribution in [-0.2, 0) is 19.4 Å². The number of hydrogen-bond acceptors (Lipinski definition) is 3. The van der Waals surface area contributed by atoms with Crippen LogP contribution < -0.4 is 15.4 Å². The Bertz CT molecular complexity index is 950. The van der Waals surface area contributed by atoms with Gasteiger partial charge in [0.2, 0.25) is 5.88 Å². The fraction of sp³-hybridized carbons (Fsp3) is 0.333. The first kappa shape index (κ1) is 17.4. The van der Waals surface area contributed by atoms with Gasteiger partial charge in [0.25, 0.3) is 0 Å². The van der Waals surface area contributed by atoms with Crippen molar-refractivity contribution in [2.45, 2.75) is 32.2 Å². The van der Waals surface area contributed by atoms with Crippen molar-refractivity contribution in [2.75, 3.05) is 19.0 Å². The van der Waals surface area contributed by atoms with Crippen molar-refractivity contribution < 1.29 is 9.53 Å². The zero-order valence-electron chi connectivity index (χ0n) is 15.5. The number of pyridine rings is 1. The van der Waals surface area contributed by atoms with Crippen molar-refractivity contribution in [1.29, 1.82) is 0 Å². The molecule has 2 N–H and O–H groups in total. The number of carbonyl (C=O) groups excluding carboxylic acids is 1. The summed E-state index contributed by atoms with van der Waals surface area (Å²) in [6.45, 7) is 1.59. The van der Waals surface area contributed by atoms with Gasteiger partial charge in [-0.25, -0.2) is 9.78 Å². The van der Waals surface area contributed by atoms with Crippen molar-refractivity contribution in [3.05, 3.63) is 53.7 Å². The van der Waals surface area contributed by atoms with Crippen molar-refractivity contribution >= 4 is 22.8 Å². The highest BCUT2D eigenvalue weighted by Gasteiger charge is 2.21. The maximum absolute atomic E-state index is 12.1. The molecule has 0 saturated carbocycles. The van der Waals surface area contributed by atoms with E-state index in [1.807, 2.05) is 36.4 Å². The number of nitrogens with one attached hydrogen (secondary N) is 2. The second-order valence-electron chi connectivity index (χ2n) is 6.75. The van der Waals surface area contributed by atoms with Gasteiger partial charge in [0.05, 0.1) is 18.1 Å². The van der Waals surface area contributed by atoms with Gasteiger partial charge in [-0.3, -0.25) is 0 Å². The van der Waals surface area contributed by atoms with Crippen LogP contribution in [0.3, 0.4) is 0 Å². The molecule has 0 saturated heterocycles. The zero-order valence-corrected chi connectivity index (χ0v) is 15.5. The summed E-state index contributed by atoms with van der Waals surface area (Å²) in [7, 11) is 1.64. The number of aromatic nitrogens is 2. The first-order chi connectivity index (χ1) is 13.3. The van der Waals surface area contributed by atoms with E-state index in [1.165, 1.54) is 24.1 Å². The van der Waals surface area contributed by atoms with Crippen molar-refractivity contribution in [3.8, 4) is 5.88 Å². The Kier molecular flexibility index (Phi) is 4.96. The number of aryl methyl sites for hydroxylation is 1. The number of nitrogens with zero attached hydrogens (tertiary/aromatic N) is 2. The van der Waals surface area contributed by atoms with Crippen molar-refractivity contribution in [3.63, 3.8) is 0 Å². The molecule has 0 atom stereocenters. The molecule has 0 spiro atoms. The molecule has 0 unspecified atom stereocenters. The van der Waals surface area contributed by atoms with Gasteiger partial charge < -0.3 is 19.9 Å². The molecule has 6 nitrogen and oxygen atoms in total. The van der Waals surface area contributed by atoms with E-state index in [0.29, 0.717) is 12.4 Å². The number of urea groups is 1. The molecule has 27 heavy (non-hydrogen) atoms. The Morgan fingerprint density at radius 1 is 1.19 bits per heavy atom. The van der Waals surface area contributed by atoms with Gasteiger partial charge in [0.1, 0.15) is 0 Å². The molecule has 1 aromatic carbocycles. The fourth-order valence-corrected chi connectivity index (χ4v) is 3.80. The third-order valence-electron chi connectivity index (χ3n) is 5.05. The van der Waals surface area contributed by atoms with E-state index in [0.717, 1.165) is 36.1 Å². The number of carbonyl (C=O) groups is 1. The summed E-state index contributed by atoms with van der Waals surface area (Å²) >= 11 is 0. The molecule has 0 bridgehead atoms. The van der Waals surface area contributed by atoms with Crippen LogP contribution in [0.2, 0.25) is 0 Å². The minimum Gasteiger partial charge on any atom is -0.481 e. The number of hydrogen-bond donors (Lipinski definition) is 2. The molecule has 0 radical (unpaired) electrons. The van der Waals surface area contributed by atoms with Gasteiger partial charge >= 0.3 is 6.03 Å². The topological polar surface area (TPSA) is 68.2 Å². The van der Waals surface area contributed by atoms with Gasteiger partial charge in [-0.2, -0.15) is 0 Å². The average molecular weight is 364 g/mol. The van der Waals surface area contributed by atoms with Crippen LogP contribution in [0.25, 0.3) is 11.0 Å². The van der Waals surface area contributed by atoms with E-state index in [2.05, 4.69) is 21.3 Å². The summed E-state index contributed by atoms with van der Waals surface area (Å²) in [5, 5.41) is 5.80. The number of ether oxygens (including phenoxy) is 1. The number of fused-ring (bicyclic) bond motifs is 3. The summed E-state index contributed by atoms with van der Waals surface area (Å²) in [5.74, 6) is 0.626. The highest BCUT2D eigenvalue weighted by molar-refractivity contribution is 5.89. The summed E-state index contributed by atoms with van der Waals surface area (Å²) in [6.07, 6.45) is 4.20. The Hall–Kier alpha value is -3.02. The molecule has 3 heterocycles. The summed E-state index contributed by atoms with van der Waals surface area (Å²) in [5.41, 5.74) is 5.52. The number of anilines is 1. The van der Waals surface area contributed by atoms with E-state index < -0.39 is 0 Å². The molecule has 2 amide bonds. The zero-order chi connectivity index (χ0) is 18.6. The molecule has 2 aromatic heterocycles. The van der Waals surface area contributed by atoms with E-state index >= 15 is 0 Å². The van der Waals surface area contributed by atoms with Crippen LogP contribution in [-0.4, -0.2) is 29.2 Å². The lowest BCUT2D eigenvalue weighted by atomic mass is 10.0. The summed E-state index contributed by atoms with van der Waals surface area (Å²) in [6, 6.07) is 13.3. The molecule has 3 aromatic rings. The molecule has 4 rings (SSSR count). The average Bonchev–Trinajstić information content (AvgIpc) is 3.02. The second kappa shape index (κ2) is 7.70. The molecule has 6 heteroatoms. The van der Waals surface area contributed by atoms with E-state index in [9.17, 15) is 4.79 Å². The fourth-order valence-electron chi connectivity index (χ4n) is 3.80. The highest BCUT2D eigenvalue weighted by atomic mass is 16.5. The van der Waals surface area contributed by atoms with Gasteiger partial charge in [-0.1, -0.05) is 18.2 Å². The Morgan fingerprint density at radius 3 is 2.85 bits per heavy atom. The molecule has 1 aliphatic rings.